The smallest absolute Gasteiger partial charge is 0.324 e. The standard InChI is InChI=1S/C30H29N3O7S/c1-17(2)26(30(35)39-5)33-41(36,37)23-13-8-20(9-14-23)19-6-11-22(12-7-19)32-29(34)27-18(3)25-24(40-27)15-10-21(16-31)28(25)38-4/h6-15,17,26,33H,1-5H3,(H,32,34)/t26-/m0/s1. The summed E-state index contributed by atoms with van der Waals surface area (Å²) in [5.74, 6) is -0.954. The van der Waals surface area contributed by atoms with Crippen LogP contribution in [0.5, 0.6) is 5.75 Å². The summed E-state index contributed by atoms with van der Waals surface area (Å²) < 4.78 is 44.0. The number of hydrogen-bond donors (Lipinski definition) is 2. The number of nitriles is 1. The van der Waals surface area contributed by atoms with E-state index in [1.165, 1.54) is 26.4 Å². The lowest BCUT2D eigenvalue weighted by Crippen LogP contribution is -2.44. The number of anilines is 1. The number of fused-ring (bicyclic) bond motifs is 1. The van der Waals surface area contributed by atoms with Crippen LogP contribution in [0.3, 0.4) is 0 Å². The molecule has 4 rings (SSSR count). The maximum Gasteiger partial charge on any atom is 0.324 e. The van der Waals surface area contributed by atoms with Crippen molar-refractivity contribution in [3.8, 4) is 22.9 Å². The van der Waals surface area contributed by atoms with Crippen LogP contribution < -0.4 is 14.8 Å². The molecule has 41 heavy (non-hydrogen) atoms. The topological polar surface area (TPSA) is 148 Å². The van der Waals surface area contributed by atoms with Crippen LogP contribution in [0.1, 0.15) is 35.5 Å². The van der Waals surface area contributed by atoms with Gasteiger partial charge in [-0.2, -0.15) is 9.98 Å². The van der Waals surface area contributed by atoms with Gasteiger partial charge in [-0.05, 0) is 60.4 Å². The van der Waals surface area contributed by atoms with Gasteiger partial charge in [-0.15, -0.1) is 0 Å². The molecule has 0 unspecified atom stereocenters. The van der Waals surface area contributed by atoms with E-state index in [0.717, 1.165) is 11.1 Å². The number of nitrogens with zero attached hydrogens (tertiary/aromatic N) is 1. The van der Waals surface area contributed by atoms with Gasteiger partial charge in [0.05, 0.1) is 30.1 Å². The maximum atomic E-state index is 13.0. The van der Waals surface area contributed by atoms with Crippen molar-refractivity contribution in [2.24, 2.45) is 5.92 Å². The highest BCUT2D eigenvalue weighted by Gasteiger charge is 2.29. The number of sulfonamides is 1. The van der Waals surface area contributed by atoms with Crippen molar-refractivity contribution in [3.05, 3.63) is 77.6 Å². The lowest BCUT2D eigenvalue weighted by atomic mass is 10.1. The van der Waals surface area contributed by atoms with E-state index in [1.807, 2.05) is 0 Å². The third-order valence-electron chi connectivity index (χ3n) is 6.62. The molecule has 1 amide bonds. The Morgan fingerprint density at radius 1 is 0.951 bits per heavy atom. The van der Waals surface area contributed by atoms with Gasteiger partial charge < -0.3 is 19.2 Å². The first-order chi connectivity index (χ1) is 19.5. The Labute approximate surface area is 237 Å². The molecule has 0 spiro atoms. The Hall–Kier alpha value is -4.66. The fourth-order valence-electron chi connectivity index (χ4n) is 4.40. The number of benzene rings is 3. The summed E-state index contributed by atoms with van der Waals surface area (Å²) in [5.41, 5.74) is 3.40. The number of amides is 1. The van der Waals surface area contributed by atoms with E-state index < -0.39 is 27.9 Å². The summed E-state index contributed by atoms with van der Waals surface area (Å²) in [6, 6.07) is 17.5. The van der Waals surface area contributed by atoms with Gasteiger partial charge in [-0.1, -0.05) is 38.1 Å². The maximum absolute atomic E-state index is 13.0. The molecular weight excluding hydrogens is 546 g/mol. The van der Waals surface area contributed by atoms with Crippen LogP contribution in [-0.4, -0.2) is 40.6 Å². The van der Waals surface area contributed by atoms with Gasteiger partial charge in [-0.25, -0.2) is 8.42 Å². The van der Waals surface area contributed by atoms with Crippen molar-refractivity contribution in [3.63, 3.8) is 0 Å². The summed E-state index contributed by atoms with van der Waals surface area (Å²) >= 11 is 0. The van der Waals surface area contributed by atoms with Crippen LogP contribution in [0.2, 0.25) is 0 Å². The fraction of sp³-hybridized carbons (Fsp3) is 0.233. The lowest BCUT2D eigenvalue weighted by Gasteiger charge is -2.19. The van der Waals surface area contributed by atoms with Gasteiger partial charge in [0.1, 0.15) is 23.4 Å². The normalized spacial score (nSPS) is 12.1. The van der Waals surface area contributed by atoms with E-state index >= 15 is 0 Å². The number of rotatable bonds is 9. The minimum absolute atomic E-state index is 0.0133. The molecule has 3 aromatic carbocycles. The Morgan fingerprint density at radius 2 is 1.56 bits per heavy atom. The molecule has 10 nitrogen and oxygen atoms in total. The largest absolute Gasteiger partial charge is 0.495 e. The Morgan fingerprint density at radius 3 is 2.10 bits per heavy atom. The number of methoxy groups -OCH3 is 2. The first-order valence-electron chi connectivity index (χ1n) is 12.6. The molecule has 1 aromatic heterocycles. The second kappa shape index (κ2) is 11.8. The molecule has 1 heterocycles. The quantitative estimate of drug-likeness (QED) is 0.265. The molecule has 0 aliphatic heterocycles. The SMILES string of the molecule is COC(=O)[C@@H](NS(=O)(=O)c1ccc(-c2ccc(NC(=O)c3oc4ccc(C#N)c(OC)c4c3C)cc2)cc1)C(C)C. The third-order valence-corrected chi connectivity index (χ3v) is 8.08. The monoisotopic (exact) mass is 575 g/mol. The number of nitrogens with one attached hydrogen (secondary N) is 2. The number of esters is 1. The Balaban J connectivity index is 1.50. The predicted molar refractivity (Wildman–Crippen MR) is 153 cm³/mol. The molecule has 1 atom stereocenters. The number of carbonyl (C=O) groups is 2. The molecule has 11 heteroatoms. The number of aryl methyl sites for hydroxylation is 1. The summed E-state index contributed by atoms with van der Waals surface area (Å²) in [6.07, 6.45) is 0. The molecule has 4 aromatic rings. The van der Waals surface area contributed by atoms with Gasteiger partial charge in [0.2, 0.25) is 10.0 Å². The molecule has 0 bridgehead atoms. The van der Waals surface area contributed by atoms with Crippen molar-refractivity contribution in [1.29, 1.82) is 5.26 Å². The van der Waals surface area contributed by atoms with Crippen LogP contribution >= 0.6 is 0 Å². The van der Waals surface area contributed by atoms with E-state index in [1.54, 1.807) is 69.3 Å². The van der Waals surface area contributed by atoms with Crippen LogP contribution in [0.25, 0.3) is 22.1 Å². The molecule has 0 radical (unpaired) electrons. The van der Waals surface area contributed by atoms with Gasteiger partial charge in [0.25, 0.3) is 5.91 Å². The molecule has 0 fully saturated rings. The zero-order valence-corrected chi connectivity index (χ0v) is 24.0. The zero-order chi connectivity index (χ0) is 29.9. The van der Waals surface area contributed by atoms with Crippen LogP contribution in [0.4, 0.5) is 5.69 Å². The van der Waals surface area contributed by atoms with Gasteiger partial charge in [0, 0.05) is 11.3 Å². The van der Waals surface area contributed by atoms with Crippen molar-refractivity contribution in [2.75, 3.05) is 19.5 Å². The summed E-state index contributed by atoms with van der Waals surface area (Å²) in [6.45, 7) is 5.17. The summed E-state index contributed by atoms with van der Waals surface area (Å²) in [7, 11) is -1.29. The Bertz CT molecular complexity index is 1750. The van der Waals surface area contributed by atoms with Crippen LogP contribution in [0.15, 0.2) is 70.0 Å². The molecule has 0 saturated carbocycles. The van der Waals surface area contributed by atoms with Crippen molar-refractivity contribution in [2.45, 2.75) is 31.7 Å². The summed E-state index contributed by atoms with van der Waals surface area (Å²) in [4.78, 5) is 25.0. The highest BCUT2D eigenvalue weighted by atomic mass is 32.2. The van der Waals surface area contributed by atoms with Gasteiger partial charge in [0.15, 0.2) is 5.76 Å². The van der Waals surface area contributed by atoms with Crippen LogP contribution in [0, 0.1) is 24.2 Å². The fourth-order valence-corrected chi connectivity index (χ4v) is 5.73. The second-order valence-corrected chi connectivity index (χ2v) is 11.3. The molecule has 0 saturated heterocycles. The zero-order valence-electron chi connectivity index (χ0n) is 23.1. The highest BCUT2D eigenvalue weighted by Crippen LogP contribution is 2.36. The van der Waals surface area contributed by atoms with E-state index in [4.69, 9.17) is 13.9 Å². The van der Waals surface area contributed by atoms with E-state index in [-0.39, 0.29) is 16.6 Å². The average Bonchev–Trinajstić information content (AvgIpc) is 3.31. The van der Waals surface area contributed by atoms with Crippen molar-refractivity contribution >= 4 is 38.6 Å². The van der Waals surface area contributed by atoms with Gasteiger partial charge >= 0.3 is 5.97 Å². The van der Waals surface area contributed by atoms with Gasteiger partial charge in [-0.3, -0.25) is 9.59 Å². The highest BCUT2D eigenvalue weighted by molar-refractivity contribution is 7.89. The number of hydrogen-bond acceptors (Lipinski definition) is 8. The average molecular weight is 576 g/mol. The van der Waals surface area contributed by atoms with Crippen LogP contribution in [-0.2, 0) is 19.6 Å². The first kappa shape index (κ1) is 29.3. The lowest BCUT2D eigenvalue weighted by molar-refractivity contribution is -0.143. The third kappa shape index (κ3) is 5.94. The van der Waals surface area contributed by atoms with Crippen molar-refractivity contribution in [1.82, 2.24) is 4.72 Å². The van der Waals surface area contributed by atoms with Crippen molar-refractivity contribution < 1.29 is 31.9 Å². The van der Waals surface area contributed by atoms with E-state index in [2.05, 4.69) is 16.1 Å². The minimum Gasteiger partial charge on any atom is -0.495 e. The Kier molecular flexibility index (Phi) is 8.47. The minimum atomic E-state index is -3.96. The molecule has 0 aliphatic rings. The summed E-state index contributed by atoms with van der Waals surface area (Å²) in [5, 5.41) is 12.7. The number of furan rings is 1. The first-order valence-corrected chi connectivity index (χ1v) is 14.1. The second-order valence-electron chi connectivity index (χ2n) is 9.61. The number of carbonyl (C=O) groups excluding carboxylic acids is 2. The van der Waals surface area contributed by atoms with E-state index in [9.17, 15) is 23.3 Å². The molecule has 0 aliphatic carbocycles. The molecular formula is C30H29N3O7S. The molecule has 2 N–H and O–H groups in total. The number of ether oxygens (including phenoxy) is 2. The molecule has 212 valence electrons. The van der Waals surface area contributed by atoms with E-state index in [0.29, 0.717) is 33.5 Å². The predicted octanol–water partition coefficient (Wildman–Crippen LogP) is 5.02.